The minimum absolute atomic E-state index is 0.222. The Hall–Kier alpha value is -0.950. The quantitative estimate of drug-likeness (QED) is 0.253. The Morgan fingerprint density at radius 2 is 1.94 bits per heavy atom. The molecule has 4 aliphatic carbocycles. The third-order valence-corrected chi connectivity index (χ3v) is 9.72. The molecule has 4 fully saturated rings. The summed E-state index contributed by atoms with van der Waals surface area (Å²) in [5.41, 5.74) is 11.1. The number of hydrazine groups is 2. The van der Waals surface area contributed by atoms with Crippen molar-refractivity contribution in [1.82, 2.24) is 11.0 Å². The van der Waals surface area contributed by atoms with Crippen LogP contribution in [0.4, 0.5) is 0 Å². The van der Waals surface area contributed by atoms with Crippen molar-refractivity contribution in [2.24, 2.45) is 58.4 Å². The molecular formula is C25H44N4O2. The second-order valence-electron chi connectivity index (χ2n) is 11.0. The second kappa shape index (κ2) is 10.3. The van der Waals surface area contributed by atoms with Gasteiger partial charge in [0.15, 0.2) is 0 Å². The zero-order valence-corrected chi connectivity index (χ0v) is 19.4. The molecule has 6 heteroatoms. The number of hydrogen-bond donors (Lipinski definition) is 4. The first-order chi connectivity index (χ1) is 15.1. The first-order valence-electron chi connectivity index (χ1n) is 12.7. The summed E-state index contributed by atoms with van der Waals surface area (Å²) in [6.07, 6.45) is 16.5. The molecule has 8 unspecified atom stereocenters. The Balaban J connectivity index is 1.28. The molecule has 0 aromatic carbocycles. The molecule has 0 heterocycles. The van der Waals surface area contributed by atoms with Crippen LogP contribution in [0, 0.1) is 46.8 Å². The maximum absolute atomic E-state index is 12.5. The molecule has 0 bridgehead atoms. The van der Waals surface area contributed by atoms with E-state index in [0.717, 1.165) is 61.6 Å². The average Bonchev–Trinajstić information content (AvgIpc) is 3.15. The molecule has 0 saturated heterocycles. The molecule has 0 spiro atoms. The zero-order chi connectivity index (χ0) is 21.8. The van der Waals surface area contributed by atoms with Crippen LogP contribution in [0.25, 0.3) is 0 Å². The van der Waals surface area contributed by atoms with Crippen LogP contribution in [0.2, 0.25) is 0 Å². The summed E-state index contributed by atoms with van der Waals surface area (Å²) in [5.74, 6) is 10.8. The van der Waals surface area contributed by atoms with Crippen LogP contribution < -0.4 is 22.5 Å². The summed E-state index contributed by atoms with van der Waals surface area (Å²) in [7, 11) is 0. The number of hydrogen-bond acceptors (Lipinski definition) is 6. The molecule has 8 atom stereocenters. The van der Waals surface area contributed by atoms with Crippen molar-refractivity contribution in [2.45, 2.75) is 71.1 Å². The van der Waals surface area contributed by atoms with Gasteiger partial charge in [0, 0.05) is 18.7 Å². The van der Waals surface area contributed by atoms with Gasteiger partial charge in [-0.3, -0.25) is 10.6 Å². The molecule has 6 N–H and O–H groups in total. The molecule has 0 aromatic heterocycles. The van der Waals surface area contributed by atoms with Gasteiger partial charge in [-0.15, -0.1) is 0 Å². The smallest absolute Gasteiger partial charge is 0.150 e. The highest BCUT2D eigenvalue weighted by molar-refractivity contribution is 5.84. The summed E-state index contributed by atoms with van der Waals surface area (Å²) in [4.78, 5) is 12.5. The third-order valence-electron chi connectivity index (χ3n) is 9.72. The molecular weight excluding hydrogens is 388 g/mol. The Morgan fingerprint density at radius 1 is 1.10 bits per heavy atom. The zero-order valence-electron chi connectivity index (χ0n) is 19.4. The number of carbonyl (C=O) groups is 1. The van der Waals surface area contributed by atoms with Gasteiger partial charge in [0.05, 0.1) is 13.2 Å². The van der Waals surface area contributed by atoms with Crippen molar-refractivity contribution in [3.8, 4) is 0 Å². The number of nitrogens with two attached hydrogens (primary N) is 2. The predicted octanol–water partition coefficient (Wildman–Crippen LogP) is 3.29. The first-order valence-corrected chi connectivity index (χ1v) is 12.7. The van der Waals surface area contributed by atoms with E-state index in [2.05, 4.69) is 17.9 Å². The van der Waals surface area contributed by atoms with Crippen LogP contribution in [-0.4, -0.2) is 25.5 Å². The monoisotopic (exact) mass is 432 g/mol. The maximum atomic E-state index is 12.5. The second-order valence-corrected chi connectivity index (χ2v) is 11.0. The summed E-state index contributed by atoms with van der Waals surface area (Å²) >= 11 is 0. The van der Waals surface area contributed by atoms with Crippen molar-refractivity contribution in [3.63, 3.8) is 0 Å². The van der Waals surface area contributed by atoms with Gasteiger partial charge in [-0.2, -0.15) is 5.53 Å². The highest BCUT2D eigenvalue weighted by atomic mass is 16.5. The molecule has 0 amide bonds. The van der Waals surface area contributed by atoms with E-state index in [1.807, 2.05) is 6.08 Å². The number of ketones is 1. The molecule has 4 saturated carbocycles. The van der Waals surface area contributed by atoms with Gasteiger partial charge in [-0.05, 0) is 105 Å². The summed E-state index contributed by atoms with van der Waals surface area (Å²) in [6.45, 7) is 4.35. The number of nitrogens with one attached hydrogen (secondary N) is 2. The Morgan fingerprint density at radius 3 is 2.74 bits per heavy atom. The molecule has 176 valence electrons. The molecule has 6 nitrogen and oxygen atoms in total. The fourth-order valence-corrected chi connectivity index (χ4v) is 8.36. The van der Waals surface area contributed by atoms with E-state index >= 15 is 0 Å². The Kier molecular flexibility index (Phi) is 7.73. The van der Waals surface area contributed by atoms with Gasteiger partial charge in [-0.1, -0.05) is 13.0 Å². The van der Waals surface area contributed by atoms with E-state index in [0.29, 0.717) is 5.78 Å². The fraction of sp³-hybridized carbons (Fsp3) is 0.880. The Labute approximate surface area is 188 Å². The third kappa shape index (κ3) is 4.73. The van der Waals surface area contributed by atoms with E-state index in [1.54, 1.807) is 6.20 Å². The van der Waals surface area contributed by atoms with Crippen molar-refractivity contribution < 1.29 is 9.53 Å². The Bertz CT molecular complexity index is 641. The molecule has 0 radical (unpaired) electrons. The van der Waals surface area contributed by atoms with Crippen LogP contribution in [0.1, 0.15) is 71.1 Å². The lowest BCUT2D eigenvalue weighted by atomic mass is 9.49. The van der Waals surface area contributed by atoms with Crippen molar-refractivity contribution in [1.29, 1.82) is 0 Å². The lowest BCUT2D eigenvalue weighted by molar-refractivity contribution is -0.129. The average molecular weight is 433 g/mol. The SMILES string of the molecule is CC12CCC3C4CCC(COCC/C=C\NNN)CC4CCC3C1CCC2C(=O)CN. The standard InChI is InChI=1S/C25H44N4O2/c1-25-11-10-20-19-6-4-17(16-31-13-3-2-12-28-29-27)14-18(19)5-7-21(20)22(25)8-9-23(25)24(30)15-26/h2,12,17-23,28-29H,3-11,13-16,26-27H2,1H3/b12-2-. The van der Waals surface area contributed by atoms with Gasteiger partial charge in [0.1, 0.15) is 5.78 Å². The highest BCUT2D eigenvalue weighted by Crippen LogP contribution is 2.64. The summed E-state index contributed by atoms with van der Waals surface area (Å²) < 4.78 is 5.98. The maximum Gasteiger partial charge on any atom is 0.150 e. The predicted molar refractivity (Wildman–Crippen MR) is 123 cm³/mol. The van der Waals surface area contributed by atoms with Gasteiger partial charge in [-0.25, -0.2) is 0 Å². The summed E-state index contributed by atoms with van der Waals surface area (Å²) in [5, 5.41) is 0. The first kappa shape index (κ1) is 23.2. The molecule has 0 aliphatic heterocycles. The van der Waals surface area contributed by atoms with E-state index < -0.39 is 0 Å². The molecule has 4 aliphatic rings. The van der Waals surface area contributed by atoms with Crippen molar-refractivity contribution in [2.75, 3.05) is 19.8 Å². The lowest BCUT2D eigenvalue weighted by Crippen LogP contribution is -2.50. The minimum Gasteiger partial charge on any atom is -0.381 e. The molecule has 31 heavy (non-hydrogen) atoms. The van der Waals surface area contributed by atoms with Crippen molar-refractivity contribution >= 4 is 5.78 Å². The fourth-order valence-electron chi connectivity index (χ4n) is 8.36. The number of fused-ring (bicyclic) bond motifs is 5. The largest absolute Gasteiger partial charge is 0.381 e. The van der Waals surface area contributed by atoms with Crippen LogP contribution in [0.15, 0.2) is 12.3 Å². The topological polar surface area (TPSA) is 102 Å². The van der Waals surface area contributed by atoms with Gasteiger partial charge in [0.25, 0.3) is 0 Å². The molecule has 4 rings (SSSR count). The normalized spacial score (nSPS) is 42.1. The van der Waals surface area contributed by atoms with Crippen LogP contribution in [0.5, 0.6) is 0 Å². The van der Waals surface area contributed by atoms with Crippen LogP contribution in [0.3, 0.4) is 0 Å². The number of rotatable bonds is 9. The van der Waals surface area contributed by atoms with E-state index in [-0.39, 0.29) is 17.9 Å². The van der Waals surface area contributed by atoms with Gasteiger partial charge < -0.3 is 15.9 Å². The number of carbonyl (C=O) groups excluding carboxylic acids is 1. The molecule has 0 aromatic rings. The summed E-state index contributed by atoms with van der Waals surface area (Å²) in [6, 6.07) is 0. The number of Topliss-reactive ketones (excluding diaryl/α,β-unsaturated/α-hetero) is 1. The highest BCUT2D eigenvalue weighted by Gasteiger charge is 2.58. The van der Waals surface area contributed by atoms with E-state index in [1.165, 1.54) is 51.4 Å². The van der Waals surface area contributed by atoms with Crippen LogP contribution in [-0.2, 0) is 9.53 Å². The van der Waals surface area contributed by atoms with Gasteiger partial charge in [0.2, 0.25) is 0 Å². The lowest BCUT2D eigenvalue weighted by Gasteiger charge is -2.56. The van der Waals surface area contributed by atoms with E-state index in [9.17, 15) is 4.79 Å². The minimum atomic E-state index is 0.222. The number of ether oxygens (including phenoxy) is 1. The van der Waals surface area contributed by atoms with E-state index in [4.69, 9.17) is 16.3 Å². The van der Waals surface area contributed by atoms with Crippen LogP contribution >= 0.6 is 0 Å². The van der Waals surface area contributed by atoms with Gasteiger partial charge >= 0.3 is 0 Å². The van der Waals surface area contributed by atoms with Crippen molar-refractivity contribution in [3.05, 3.63) is 12.3 Å².